The van der Waals surface area contributed by atoms with Gasteiger partial charge < -0.3 is 19.9 Å². The number of aromatic nitrogens is 3. The Bertz CT molecular complexity index is 819. The second-order valence-corrected chi connectivity index (χ2v) is 6.33. The number of nitrogens with one attached hydrogen (secondary N) is 1. The quantitative estimate of drug-likeness (QED) is 0.820. The Morgan fingerprint density at radius 3 is 2.56 bits per heavy atom. The number of hydrogen-bond donors (Lipinski definition) is 2. The molecule has 7 nitrogen and oxygen atoms in total. The molecule has 1 aliphatic rings. The number of hydrogen-bond acceptors (Lipinski definition) is 4. The van der Waals surface area contributed by atoms with E-state index in [9.17, 15) is 23.1 Å². The summed E-state index contributed by atoms with van der Waals surface area (Å²) >= 11 is 0. The number of amides is 1. The lowest BCUT2D eigenvalue weighted by molar-refractivity contribution is -0.136. The minimum Gasteiger partial charge on any atom is -0.465 e. The molecule has 0 radical (unpaired) electrons. The van der Waals surface area contributed by atoms with Crippen LogP contribution in [0.2, 0.25) is 0 Å². The van der Waals surface area contributed by atoms with Crippen LogP contribution in [0.4, 0.5) is 23.8 Å². The van der Waals surface area contributed by atoms with Gasteiger partial charge >= 0.3 is 12.3 Å². The van der Waals surface area contributed by atoms with Crippen molar-refractivity contribution in [1.29, 1.82) is 0 Å². The molecule has 25 heavy (non-hydrogen) atoms. The number of aryl methyl sites for hydroxylation is 1. The third kappa shape index (κ3) is 2.85. The third-order valence-corrected chi connectivity index (χ3v) is 4.55. The van der Waals surface area contributed by atoms with Gasteiger partial charge in [-0.05, 0) is 20.8 Å². The van der Waals surface area contributed by atoms with Crippen LogP contribution >= 0.6 is 0 Å². The molecule has 1 aliphatic heterocycles. The van der Waals surface area contributed by atoms with Crippen LogP contribution in [0, 0.1) is 6.92 Å². The van der Waals surface area contributed by atoms with Crippen LogP contribution in [0.1, 0.15) is 25.1 Å². The van der Waals surface area contributed by atoms with Gasteiger partial charge in [-0.25, -0.2) is 14.8 Å². The molecule has 1 amide bonds. The van der Waals surface area contributed by atoms with Crippen molar-refractivity contribution in [2.24, 2.45) is 0 Å². The number of aromatic amines is 1. The highest BCUT2D eigenvalue weighted by Gasteiger charge is 2.40. The molecule has 2 unspecified atom stereocenters. The fourth-order valence-electron chi connectivity index (χ4n) is 3.39. The number of anilines is 1. The van der Waals surface area contributed by atoms with Gasteiger partial charge in [-0.1, -0.05) is 0 Å². The first kappa shape index (κ1) is 17.3. The Morgan fingerprint density at radius 1 is 1.28 bits per heavy atom. The molecule has 2 N–H and O–H groups in total. The minimum atomic E-state index is -4.54. The number of carbonyl (C=O) groups is 1. The molecule has 0 aliphatic carbocycles. The summed E-state index contributed by atoms with van der Waals surface area (Å²) in [6.07, 6.45) is -4.37. The summed E-state index contributed by atoms with van der Waals surface area (Å²) in [5, 5.41) is 9.16. The lowest BCUT2D eigenvalue weighted by Gasteiger charge is -2.43. The van der Waals surface area contributed by atoms with Gasteiger partial charge in [0, 0.05) is 30.9 Å². The number of alkyl halides is 3. The molecule has 0 aromatic carbocycles. The highest BCUT2D eigenvalue weighted by Crippen LogP contribution is 2.41. The van der Waals surface area contributed by atoms with Gasteiger partial charge in [-0.2, -0.15) is 13.2 Å². The van der Waals surface area contributed by atoms with Crippen molar-refractivity contribution < 1.29 is 23.1 Å². The first-order valence-corrected chi connectivity index (χ1v) is 7.78. The predicted octanol–water partition coefficient (Wildman–Crippen LogP) is 2.86. The van der Waals surface area contributed by atoms with Gasteiger partial charge in [0.2, 0.25) is 0 Å². The molecular formula is C15H18F3N5O2. The Morgan fingerprint density at radius 2 is 1.96 bits per heavy atom. The Balaban J connectivity index is 2.12. The van der Waals surface area contributed by atoms with Crippen molar-refractivity contribution in [3.8, 4) is 0 Å². The molecule has 10 heteroatoms. The molecule has 2 aromatic heterocycles. The zero-order chi connectivity index (χ0) is 18.5. The molecule has 1 saturated heterocycles. The highest BCUT2D eigenvalue weighted by molar-refractivity contribution is 5.92. The first-order chi connectivity index (χ1) is 11.6. The summed E-state index contributed by atoms with van der Waals surface area (Å²) < 4.78 is 40.6. The zero-order valence-electron chi connectivity index (χ0n) is 13.9. The van der Waals surface area contributed by atoms with Crippen molar-refractivity contribution in [1.82, 2.24) is 19.9 Å². The molecule has 1 fully saturated rings. The van der Waals surface area contributed by atoms with E-state index in [2.05, 4.69) is 15.0 Å². The van der Waals surface area contributed by atoms with Gasteiger partial charge in [0.1, 0.15) is 17.8 Å². The van der Waals surface area contributed by atoms with Gasteiger partial charge in [-0.3, -0.25) is 0 Å². The van der Waals surface area contributed by atoms with Crippen molar-refractivity contribution in [3.05, 3.63) is 17.6 Å². The van der Waals surface area contributed by atoms with E-state index in [1.807, 2.05) is 0 Å². The molecule has 136 valence electrons. The molecular weight excluding hydrogens is 339 g/mol. The highest BCUT2D eigenvalue weighted by atomic mass is 19.4. The maximum absolute atomic E-state index is 13.5. The van der Waals surface area contributed by atoms with Crippen LogP contribution < -0.4 is 4.90 Å². The molecule has 0 saturated carbocycles. The van der Waals surface area contributed by atoms with Gasteiger partial charge in [-0.15, -0.1) is 0 Å². The van der Waals surface area contributed by atoms with Crippen LogP contribution in [0.25, 0.3) is 11.0 Å². The van der Waals surface area contributed by atoms with E-state index in [1.54, 1.807) is 18.7 Å². The predicted molar refractivity (Wildman–Crippen MR) is 84.6 cm³/mol. The Labute approximate surface area is 141 Å². The number of halogens is 3. The average molecular weight is 357 g/mol. The van der Waals surface area contributed by atoms with E-state index in [0.29, 0.717) is 0 Å². The fraction of sp³-hybridized carbons (Fsp3) is 0.533. The van der Waals surface area contributed by atoms with Crippen molar-refractivity contribution in [2.75, 3.05) is 18.0 Å². The van der Waals surface area contributed by atoms with Crippen LogP contribution in [-0.2, 0) is 6.18 Å². The summed E-state index contributed by atoms with van der Waals surface area (Å²) in [7, 11) is 0. The maximum atomic E-state index is 13.5. The monoisotopic (exact) mass is 357 g/mol. The summed E-state index contributed by atoms with van der Waals surface area (Å²) in [6, 6.07) is -0.685. The molecule has 3 heterocycles. The SMILES string of the molecule is Cc1[nH]c2ncnc(N3CC(C)N(C(=O)O)CC3C)c2c1C(F)(F)F. The Kier molecular flexibility index (Phi) is 4.00. The standard InChI is InChI=1S/C15H18F3N5O2/c1-7-5-23(14(24)25)8(2)4-22(7)13-10-11(15(16,17)18)9(3)21-12(10)19-6-20-13/h6-8H,4-5H2,1-3H3,(H,24,25)(H,19,20,21). The second-order valence-electron chi connectivity index (χ2n) is 6.33. The largest absolute Gasteiger partial charge is 0.465 e. The topological polar surface area (TPSA) is 85.4 Å². The number of carboxylic acid groups (broad SMARTS) is 1. The van der Waals surface area contributed by atoms with E-state index in [4.69, 9.17) is 0 Å². The van der Waals surface area contributed by atoms with E-state index in [1.165, 1.54) is 18.2 Å². The number of fused-ring (bicyclic) bond motifs is 1. The van der Waals surface area contributed by atoms with E-state index >= 15 is 0 Å². The molecule has 2 aromatic rings. The number of rotatable bonds is 1. The van der Waals surface area contributed by atoms with Gasteiger partial charge in [0.15, 0.2) is 0 Å². The van der Waals surface area contributed by atoms with Crippen molar-refractivity contribution in [2.45, 2.75) is 39.0 Å². The lowest BCUT2D eigenvalue weighted by Crippen LogP contribution is -2.58. The maximum Gasteiger partial charge on any atom is 0.418 e. The van der Waals surface area contributed by atoms with Gasteiger partial charge in [0.25, 0.3) is 0 Å². The number of H-pyrrole nitrogens is 1. The van der Waals surface area contributed by atoms with E-state index in [-0.39, 0.29) is 47.7 Å². The molecule has 2 atom stereocenters. The van der Waals surface area contributed by atoms with Crippen LogP contribution in [-0.4, -0.2) is 56.2 Å². The van der Waals surface area contributed by atoms with Gasteiger partial charge in [0.05, 0.1) is 10.9 Å². The second kappa shape index (κ2) is 5.78. The van der Waals surface area contributed by atoms with Crippen molar-refractivity contribution in [3.63, 3.8) is 0 Å². The fourth-order valence-corrected chi connectivity index (χ4v) is 3.39. The van der Waals surface area contributed by atoms with Crippen LogP contribution in [0.3, 0.4) is 0 Å². The third-order valence-electron chi connectivity index (χ3n) is 4.55. The smallest absolute Gasteiger partial charge is 0.418 e. The van der Waals surface area contributed by atoms with Crippen molar-refractivity contribution >= 4 is 22.9 Å². The molecule has 3 rings (SSSR count). The summed E-state index contributed by atoms with van der Waals surface area (Å²) in [6.45, 7) is 5.28. The molecule has 0 bridgehead atoms. The molecule has 0 spiro atoms. The average Bonchev–Trinajstić information content (AvgIpc) is 2.84. The van der Waals surface area contributed by atoms with E-state index < -0.39 is 17.8 Å². The minimum absolute atomic E-state index is 0.0193. The number of piperazine rings is 1. The Hall–Kier alpha value is -2.52. The summed E-state index contributed by atoms with van der Waals surface area (Å²) in [5.41, 5.74) is -0.678. The number of nitrogens with zero attached hydrogens (tertiary/aromatic N) is 4. The lowest BCUT2D eigenvalue weighted by atomic mass is 10.1. The zero-order valence-corrected chi connectivity index (χ0v) is 13.9. The van der Waals surface area contributed by atoms with Crippen LogP contribution in [0.15, 0.2) is 6.33 Å². The van der Waals surface area contributed by atoms with E-state index in [0.717, 1.165) is 0 Å². The summed E-state index contributed by atoms with van der Waals surface area (Å²) in [5.74, 6) is 0.172. The first-order valence-electron chi connectivity index (χ1n) is 7.78. The summed E-state index contributed by atoms with van der Waals surface area (Å²) in [4.78, 5) is 25.0. The van der Waals surface area contributed by atoms with Crippen LogP contribution in [0.5, 0.6) is 0 Å². The normalized spacial score (nSPS) is 21.8.